The van der Waals surface area contributed by atoms with Crippen LogP contribution in [-0.4, -0.2) is 20.7 Å². The van der Waals surface area contributed by atoms with E-state index in [0.717, 1.165) is 18.4 Å². The molecule has 4 nitrogen and oxygen atoms in total. The summed E-state index contributed by atoms with van der Waals surface area (Å²) in [5, 5.41) is 0. The van der Waals surface area contributed by atoms with Crippen molar-refractivity contribution in [3.05, 3.63) is 29.8 Å². The highest BCUT2D eigenvalue weighted by Gasteiger charge is 2.63. The van der Waals surface area contributed by atoms with Crippen LogP contribution in [0.2, 0.25) is 0 Å². The van der Waals surface area contributed by atoms with Gasteiger partial charge in [-0.05, 0) is 49.7 Å². The summed E-state index contributed by atoms with van der Waals surface area (Å²) in [6.07, 6.45) is 3.41. The van der Waals surface area contributed by atoms with Crippen LogP contribution in [-0.2, 0) is 14.8 Å². The van der Waals surface area contributed by atoms with Gasteiger partial charge in [0.2, 0.25) is 10.0 Å². The van der Waals surface area contributed by atoms with Gasteiger partial charge in [0.15, 0.2) is 0 Å². The molecule has 1 aromatic rings. The minimum absolute atomic E-state index is 0.0835. The van der Waals surface area contributed by atoms with E-state index in [1.807, 2.05) is 6.92 Å². The third-order valence-electron chi connectivity index (χ3n) is 6.47. The van der Waals surface area contributed by atoms with E-state index in [1.54, 1.807) is 24.3 Å². The number of aryl methyl sites for hydroxylation is 1. The molecular weight excluding hydrogens is 310 g/mol. The molecule has 0 spiro atoms. The number of benzene rings is 1. The molecule has 2 saturated carbocycles. The van der Waals surface area contributed by atoms with Crippen LogP contribution in [0.3, 0.4) is 0 Å². The van der Waals surface area contributed by atoms with Gasteiger partial charge in [-0.3, -0.25) is 4.79 Å². The van der Waals surface area contributed by atoms with Crippen molar-refractivity contribution in [2.24, 2.45) is 16.7 Å². The molecule has 0 unspecified atom stereocenters. The highest BCUT2D eigenvalue weighted by atomic mass is 32.2. The van der Waals surface area contributed by atoms with E-state index in [2.05, 4.69) is 18.6 Å². The molecule has 1 N–H and O–H groups in total. The predicted octanol–water partition coefficient (Wildman–Crippen LogP) is 3.06. The molecule has 0 aliphatic heterocycles. The maximum atomic E-state index is 12.4. The van der Waals surface area contributed by atoms with E-state index in [0.29, 0.717) is 36.0 Å². The van der Waals surface area contributed by atoms with E-state index < -0.39 is 10.0 Å². The summed E-state index contributed by atoms with van der Waals surface area (Å²) in [5.41, 5.74) is 0.678. The second-order valence-corrected chi connectivity index (χ2v) is 9.34. The number of carbonyl (C=O) groups excluding carboxylic acids is 1. The lowest BCUT2D eigenvalue weighted by atomic mass is 9.67. The van der Waals surface area contributed by atoms with Gasteiger partial charge in [-0.25, -0.2) is 13.1 Å². The molecule has 0 amide bonds. The van der Waals surface area contributed by atoms with Crippen LogP contribution < -0.4 is 4.72 Å². The first-order chi connectivity index (χ1) is 10.7. The Labute approximate surface area is 138 Å². The van der Waals surface area contributed by atoms with Crippen LogP contribution in [0.25, 0.3) is 0 Å². The average molecular weight is 335 g/mol. The Bertz CT molecular complexity index is 725. The zero-order valence-electron chi connectivity index (χ0n) is 14.1. The summed E-state index contributed by atoms with van der Waals surface area (Å²) in [6, 6.07) is 6.85. The Balaban J connectivity index is 1.68. The van der Waals surface area contributed by atoms with Crippen molar-refractivity contribution in [3.63, 3.8) is 0 Å². The van der Waals surface area contributed by atoms with Gasteiger partial charge in [-0.15, -0.1) is 0 Å². The fraction of sp³-hybridized carbons (Fsp3) is 0.611. The molecule has 2 aliphatic rings. The smallest absolute Gasteiger partial charge is 0.240 e. The summed E-state index contributed by atoms with van der Waals surface area (Å²) in [4.78, 5) is 12.5. The standard InChI is InChI=1S/C18H25NO3S/c1-13-4-6-15(7-5-13)23(21,22)19-11-10-17(2)14-8-9-18(17,3)16(20)12-14/h4-7,14,19H,8-12H2,1-3H3/t14-,17+,18-/m0/s1. The van der Waals surface area contributed by atoms with Crippen LogP contribution in [0, 0.1) is 23.7 Å². The molecular formula is C18H25NO3S. The Morgan fingerprint density at radius 3 is 2.39 bits per heavy atom. The molecule has 0 heterocycles. The zero-order valence-corrected chi connectivity index (χ0v) is 14.9. The number of Topliss-reactive ketones (excluding diaryl/α,β-unsaturated/α-hetero) is 1. The molecule has 1 aromatic carbocycles. The van der Waals surface area contributed by atoms with Crippen LogP contribution in [0.1, 0.15) is 45.1 Å². The number of hydrogen-bond donors (Lipinski definition) is 1. The number of carbonyl (C=O) groups is 1. The van der Waals surface area contributed by atoms with Crippen molar-refractivity contribution >= 4 is 15.8 Å². The summed E-state index contributed by atoms with van der Waals surface area (Å²) < 4.78 is 27.4. The van der Waals surface area contributed by atoms with Gasteiger partial charge in [0.1, 0.15) is 5.78 Å². The third-order valence-corrected chi connectivity index (χ3v) is 7.95. The van der Waals surface area contributed by atoms with E-state index in [1.165, 1.54) is 0 Å². The molecule has 23 heavy (non-hydrogen) atoms. The first-order valence-corrected chi connectivity index (χ1v) is 9.77. The van der Waals surface area contributed by atoms with Gasteiger partial charge >= 0.3 is 0 Å². The average Bonchev–Trinajstić information content (AvgIpc) is 2.83. The summed E-state index contributed by atoms with van der Waals surface area (Å²) >= 11 is 0. The minimum Gasteiger partial charge on any atom is -0.299 e. The van der Waals surface area contributed by atoms with E-state index in [9.17, 15) is 13.2 Å². The molecule has 0 aromatic heterocycles. The lowest BCUT2D eigenvalue weighted by Crippen LogP contribution is -2.38. The fourth-order valence-corrected chi connectivity index (χ4v) is 5.51. The van der Waals surface area contributed by atoms with E-state index in [-0.39, 0.29) is 10.8 Å². The molecule has 2 aliphatic carbocycles. The maximum absolute atomic E-state index is 12.4. The first kappa shape index (κ1) is 16.7. The minimum atomic E-state index is -3.48. The quantitative estimate of drug-likeness (QED) is 0.899. The molecule has 0 saturated heterocycles. The first-order valence-electron chi connectivity index (χ1n) is 8.29. The lowest BCUT2D eigenvalue weighted by Gasteiger charge is -2.36. The Morgan fingerprint density at radius 2 is 1.87 bits per heavy atom. The van der Waals surface area contributed by atoms with Gasteiger partial charge in [0.05, 0.1) is 4.90 Å². The highest BCUT2D eigenvalue weighted by Crippen LogP contribution is 2.65. The molecule has 3 atom stereocenters. The Hall–Kier alpha value is -1.20. The van der Waals surface area contributed by atoms with Gasteiger partial charge < -0.3 is 0 Å². The second-order valence-electron chi connectivity index (χ2n) is 7.57. The van der Waals surface area contributed by atoms with Gasteiger partial charge in [-0.2, -0.15) is 0 Å². The third kappa shape index (κ3) is 2.54. The summed E-state index contributed by atoms with van der Waals surface area (Å²) in [5.74, 6) is 0.765. The second kappa shape index (κ2) is 5.42. The number of hydrogen-bond acceptors (Lipinski definition) is 3. The normalized spacial score (nSPS) is 33.3. The number of fused-ring (bicyclic) bond motifs is 2. The lowest BCUT2D eigenvalue weighted by molar-refractivity contribution is -0.128. The van der Waals surface area contributed by atoms with Crippen molar-refractivity contribution in [2.45, 2.75) is 51.3 Å². The topological polar surface area (TPSA) is 63.2 Å². The van der Waals surface area contributed by atoms with Crippen molar-refractivity contribution in [1.29, 1.82) is 0 Å². The number of ketones is 1. The zero-order chi connectivity index (χ0) is 16.9. The van der Waals surface area contributed by atoms with E-state index >= 15 is 0 Å². The van der Waals surface area contributed by atoms with Gasteiger partial charge in [0, 0.05) is 18.4 Å². The number of nitrogens with one attached hydrogen (secondary N) is 1. The van der Waals surface area contributed by atoms with Gasteiger partial charge in [0.25, 0.3) is 0 Å². The Kier molecular flexibility index (Phi) is 3.92. The van der Waals surface area contributed by atoms with Crippen LogP contribution in [0.4, 0.5) is 0 Å². The van der Waals surface area contributed by atoms with Crippen LogP contribution >= 0.6 is 0 Å². The summed E-state index contributed by atoms with van der Waals surface area (Å²) in [7, 11) is -3.48. The predicted molar refractivity (Wildman–Crippen MR) is 89.5 cm³/mol. The monoisotopic (exact) mass is 335 g/mol. The van der Waals surface area contributed by atoms with Crippen molar-refractivity contribution < 1.29 is 13.2 Å². The molecule has 126 valence electrons. The van der Waals surface area contributed by atoms with Crippen molar-refractivity contribution in [2.75, 3.05) is 6.54 Å². The fourth-order valence-electron chi connectivity index (χ4n) is 4.48. The van der Waals surface area contributed by atoms with Gasteiger partial charge in [-0.1, -0.05) is 31.5 Å². The maximum Gasteiger partial charge on any atom is 0.240 e. The SMILES string of the molecule is Cc1ccc(S(=O)(=O)NCC[C@]2(C)[C@H]3CC[C@@]2(C)C(=O)C3)cc1. The van der Waals surface area contributed by atoms with Crippen molar-refractivity contribution in [3.8, 4) is 0 Å². The summed E-state index contributed by atoms with van der Waals surface area (Å²) in [6.45, 7) is 6.54. The Morgan fingerprint density at radius 1 is 1.22 bits per heavy atom. The molecule has 0 radical (unpaired) electrons. The molecule has 3 rings (SSSR count). The number of sulfonamides is 1. The molecule has 2 bridgehead atoms. The molecule has 2 fully saturated rings. The van der Waals surface area contributed by atoms with Crippen LogP contribution in [0.15, 0.2) is 29.2 Å². The van der Waals surface area contributed by atoms with Crippen LogP contribution in [0.5, 0.6) is 0 Å². The largest absolute Gasteiger partial charge is 0.299 e. The molecule has 5 heteroatoms. The van der Waals surface area contributed by atoms with Crippen molar-refractivity contribution in [1.82, 2.24) is 4.72 Å². The van der Waals surface area contributed by atoms with E-state index in [4.69, 9.17) is 0 Å². The number of rotatable bonds is 5. The highest BCUT2D eigenvalue weighted by molar-refractivity contribution is 7.89.